The van der Waals surface area contributed by atoms with Gasteiger partial charge in [0.15, 0.2) is 0 Å². The molecule has 0 bridgehead atoms. The van der Waals surface area contributed by atoms with Crippen LogP contribution < -0.4 is 0 Å². The smallest absolute Gasteiger partial charge is 0.145 e. The van der Waals surface area contributed by atoms with E-state index in [9.17, 15) is 9.50 Å². The summed E-state index contributed by atoms with van der Waals surface area (Å²) in [6, 6.07) is 4.91. The first-order valence-electron chi connectivity index (χ1n) is 5.16. The number of halogens is 2. The number of aliphatic hydroxyl groups is 1. The van der Waals surface area contributed by atoms with Gasteiger partial charge in [0, 0.05) is 6.42 Å². The number of hydrogen-bond donors (Lipinski definition) is 1. The molecule has 1 saturated carbocycles. The third-order valence-electron chi connectivity index (χ3n) is 3.04. The van der Waals surface area contributed by atoms with Gasteiger partial charge in [-0.3, -0.25) is 0 Å². The van der Waals surface area contributed by atoms with Gasteiger partial charge in [0.1, 0.15) is 5.82 Å². The molecule has 3 heteroatoms. The van der Waals surface area contributed by atoms with Crippen LogP contribution in [0.25, 0.3) is 0 Å². The van der Waals surface area contributed by atoms with Crippen molar-refractivity contribution in [2.45, 2.75) is 31.8 Å². The first-order chi connectivity index (χ1) is 7.00. The molecule has 15 heavy (non-hydrogen) atoms. The van der Waals surface area contributed by atoms with Gasteiger partial charge >= 0.3 is 0 Å². The fraction of sp³-hybridized carbons (Fsp3) is 0.500. The monoisotopic (exact) mass is 228 g/mol. The molecule has 1 aliphatic rings. The lowest BCUT2D eigenvalue weighted by Crippen LogP contribution is -2.30. The van der Waals surface area contributed by atoms with Crippen molar-refractivity contribution in [3.8, 4) is 0 Å². The second-order valence-electron chi connectivity index (χ2n) is 4.52. The molecular formula is C12H14ClFO. The van der Waals surface area contributed by atoms with Crippen LogP contribution in [-0.2, 0) is 6.42 Å². The predicted molar refractivity (Wildman–Crippen MR) is 58.5 cm³/mol. The van der Waals surface area contributed by atoms with Crippen molar-refractivity contribution in [2.75, 3.05) is 0 Å². The molecule has 1 N–H and O–H groups in total. The van der Waals surface area contributed by atoms with Crippen molar-refractivity contribution in [3.63, 3.8) is 0 Å². The van der Waals surface area contributed by atoms with Gasteiger partial charge in [-0.1, -0.05) is 23.7 Å². The molecule has 1 fully saturated rings. The van der Waals surface area contributed by atoms with E-state index in [2.05, 4.69) is 0 Å². The van der Waals surface area contributed by atoms with E-state index in [4.69, 9.17) is 11.6 Å². The molecule has 1 atom stereocenters. The summed E-state index contributed by atoms with van der Waals surface area (Å²) < 4.78 is 13.6. The van der Waals surface area contributed by atoms with Crippen molar-refractivity contribution in [2.24, 2.45) is 5.92 Å². The molecule has 0 radical (unpaired) electrons. The Kier molecular flexibility index (Phi) is 2.73. The van der Waals surface area contributed by atoms with Crippen LogP contribution in [0.2, 0.25) is 5.02 Å². The summed E-state index contributed by atoms with van der Waals surface area (Å²) in [7, 11) is 0. The zero-order valence-corrected chi connectivity index (χ0v) is 9.39. The summed E-state index contributed by atoms with van der Waals surface area (Å²) >= 11 is 5.68. The number of benzene rings is 1. The first kappa shape index (κ1) is 10.9. The summed E-state index contributed by atoms with van der Waals surface area (Å²) in [4.78, 5) is 0. The van der Waals surface area contributed by atoms with Crippen molar-refractivity contribution in [3.05, 3.63) is 34.6 Å². The van der Waals surface area contributed by atoms with Crippen LogP contribution in [-0.4, -0.2) is 10.7 Å². The molecule has 1 aromatic rings. The topological polar surface area (TPSA) is 20.2 Å². The standard InChI is InChI=1S/C12H14ClFO/c1-12(15,9-5-6-9)7-8-3-2-4-10(13)11(8)14/h2-4,9,15H,5-7H2,1H3. The molecule has 0 spiro atoms. The average molecular weight is 229 g/mol. The van der Waals surface area contributed by atoms with Gasteiger partial charge in [0.05, 0.1) is 10.6 Å². The Balaban J connectivity index is 2.20. The van der Waals surface area contributed by atoms with E-state index in [0.717, 1.165) is 12.8 Å². The highest BCUT2D eigenvalue weighted by molar-refractivity contribution is 6.30. The Hall–Kier alpha value is -0.600. The van der Waals surface area contributed by atoms with E-state index in [1.165, 1.54) is 6.07 Å². The zero-order valence-electron chi connectivity index (χ0n) is 8.63. The Morgan fingerprint density at radius 2 is 2.20 bits per heavy atom. The SMILES string of the molecule is CC(O)(Cc1cccc(Cl)c1F)C1CC1. The van der Waals surface area contributed by atoms with Gasteiger partial charge < -0.3 is 5.11 Å². The Labute approximate surface area is 93.9 Å². The van der Waals surface area contributed by atoms with E-state index in [-0.39, 0.29) is 5.02 Å². The molecule has 1 nitrogen and oxygen atoms in total. The first-order valence-corrected chi connectivity index (χ1v) is 5.54. The molecular weight excluding hydrogens is 215 g/mol. The Morgan fingerprint density at radius 3 is 2.80 bits per heavy atom. The van der Waals surface area contributed by atoms with Gasteiger partial charge in [-0.15, -0.1) is 0 Å². The van der Waals surface area contributed by atoms with Crippen LogP contribution in [0.3, 0.4) is 0 Å². The zero-order chi connectivity index (χ0) is 11.1. The van der Waals surface area contributed by atoms with Crippen molar-refractivity contribution in [1.29, 1.82) is 0 Å². The minimum Gasteiger partial charge on any atom is -0.390 e. The van der Waals surface area contributed by atoms with Gasteiger partial charge in [0.25, 0.3) is 0 Å². The highest BCUT2D eigenvalue weighted by atomic mass is 35.5. The summed E-state index contributed by atoms with van der Waals surface area (Å²) in [5.74, 6) is -0.0871. The summed E-state index contributed by atoms with van der Waals surface area (Å²) in [6.45, 7) is 1.77. The Morgan fingerprint density at radius 1 is 1.53 bits per heavy atom. The van der Waals surface area contributed by atoms with Crippen LogP contribution in [0.15, 0.2) is 18.2 Å². The summed E-state index contributed by atoms with van der Waals surface area (Å²) in [6.07, 6.45) is 2.41. The van der Waals surface area contributed by atoms with Crippen LogP contribution in [0.1, 0.15) is 25.3 Å². The van der Waals surface area contributed by atoms with Crippen LogP contribution in [0.5, 0.6) is 0 Å². The number of rotatable bonds is 3. The van der Waals surface area contributed by atoms with Crippen molar-refractivity contribution in [1.82, 2.24) is 0 Å². The van der Waals surface area contributed by atoms with E-state index < -0.39 is 11.4 Å². The lowest BCUT2D eigenvalue weighted by Gasteiger charge is -2.23. The van der Waals surface area contributed by atoms with E-state index in [1.54, 1.807) is 19.1 Å². The van der Waals surface area contributed by atoms with Gasteiger partial charge in [-0.05, 0) is 37.3 Å². The molecule has 0 aliphatic heterocycles. The van der Waals surface area contributed by atoms with E-state index >= 15 is 0 Å². The van der Waals surface area contributed by atoms with Crippen molar-refractivity contribution < 1.29 is 9.50 Å². The summed E-state index contributed by atoms with van der Waals surface area (Å²) in [5.41, 5.74) is -0.301. The summed E-state index contributed by atoms with van der Waals surface area (Å²) in [5, 5.41) is 10.2. The third kappa shape index (κ3) is 2.32. The minimum atomic E-state index is -0.800. The Bertz CT molecular complexity index is 372. The predicted octanol–water partition coefficient (Wildman–Crippen LogP) is 3.18. The van der Waals surface area contributed by atoms with Gasteiger partial charge in [0.2, 0.25) is 0 Å². The van der Waals surface area contributed by atoms with Crippen LogP contribution >= 0.6 is 11.6 Å². The molecule has 1 unspecified atom stereocenters. The maximum absolute atomic E-state index is 13.6. The minimum absolute atomic E-state index is 0.124. The molecule has 2 rings (SSSR count). The van der Waals surface area contributed by atoms with Gasteiger partial charge in [-0.25, -0.2) is 4.39 Å². The maximum Gasteiger partial charge on any atom is 0.145 e. The largest absolute Gasteiger partial charge is 0.390 e. The fourth-order valence-corrected chi connectivity index (χ4v) is 2.11. The van der Waals surface area contributed by atoms with Crippen LogP contribution in [0, 0.1) is 11.7 Å². The molecule has 0 heterocycles. The lowest BCUT2D eigenvalue weighted by molar-refractivity contribution is 0.0364. The maximum atomic E-state index is 13.6. The second-order valence-corrected chi connectivity index (χ2v) is 4.93. The average Bonchev–Trinajstić information content (AvgIpc) is 2.95. The van der Waals surface area contributed by atoms with E-state index in [0.29, 0.717) is 17.9 Å². The molecule has 1 aliphatic carbocycles. The quantitative estimate of drug-likeness (QED) is 0.843. The molecule has 0 saturated heterocycles. The van der Waals surface area contributed by atoms with E-state index in [1.807, 2.05) is 0 Å². The molecule has 1 aromatic carbocycles. The highest BCUT2D eigenvalue weighted by Gasteiger charge is 2.40. The molecule has 82 valence electrons. The van der Waals surface area contributed by atoms with Gasteiger partial charge in [-0.2, -0.15) is 0 Å². The second kappa shape index (κ2) is 3.76. The fourth-order valence-electron chi connectivity index (χ4n) is 1.92. The number of hydrogen-bond acceptors (Lipinski definition) is 1. The highest BCUT2D eigenvalue weighted by Crippen LogP contribution is 2.41. The molecule has 0 amide bonds. The molecule has 0 aromatic heterocycles. The van der Waals surface area contributed by atoms with Crippen molar-refractivity contribution >= 4 is 11.6 Å². The normalized spacial score (nSPS) is 20.0. The van der Waals surface area contributed by atoms with Crippen LogP contribution in [0.4, 0.5) is 4.39 Å². The lowest BCUT2D eigenvalue weighted by atomic mass is 9.91. The third-order valence-corrected chi connectivity index (χ3v) is 3.33.